The molecule has 0 N–H and O–H groups in total. The Kier molecular flexibility index (Phi) is 8.48. The molecule has 2 aromatic carbocycles. The second kappa shape index (κ2) is 10.4. The second-order valence-electron chi connectivity index (χ2n) is 9.32. The average Bonchev–Trinajstić information content (AvgIpc) is 2.63. The molecule has 0 spiro atoms. The molecular formula is C25H39NOSi. The van der Waals surface area contributed by atoms with Crippen LogP contribution in [-0.2, 0) is 11.0 Å². The van der Waals surface area contributed by atoms with Gasteiger partial charge in [0.25, 0.3) is 0 Å². The van der Waals surface area contributed by atoms with Crippen LogP contribution in [0.1, 0.15) is 56.7 Å². The monoisotopic (exact) mass is 397 g/mol. The van der Waals surface area contributed by atoms with Crippen molar-refractivity contribution in [1.29, 1.82) is 0 Å². The van der Waals surface area contributed by atoms with E-state index in [0.717, 1.165) is 19.6 Å². The van der Waals surface area contributed by atoms with Crippen molar-refractivity contribution in [2.24, 2.45) is 0 Å². The van der Waals surface area contributed by atoms with Crippen molar-refractivity contribution < 1.29 is 4.43 Å². The zero-order chi connectivity index (χ0) is 20.7. The van der Waals surface area contributed by atoms with Crippen molar-refractivity contribution in [1.82, 2.24) is 4.90 Å². The molecule has 0 amide bonds. The molecule has 0 bridgehead atoms. The molecule has 3 heteroatoms. The first kappa shape index (κ1) is 22.9. The molecule has 0 aromatic heterocycles. The van der Waals surface area contributed by atoms with E-state index in [-0.39, 0.29) is 0 Å². The first-order valence-electron chi connectivity index (χ1n) is 10.7. The summed E-state index contributed by atoms with van der Waals surface area (Å²) in [6.45, 7) is 17.7. The molecule has 0 aliphatic heterocycles. The van der Waals surface area contributed by atoms with Gasteiger partial charge in [-0.1, -0.05) is 54.6 Å². The quantitative estimate of drug-likeness (QED) is 0.415. The molecule has 0 aliphatic carbocycles. The summed E-state index contributed by atoms with van der Waals surface area (Å²) in [5.41, 5.74) is 4.08. The maximum absolute atomic E-state index is 6.15. The molecule has 28 heavy (non-hydrogen) atoms. The molecule has 0 saturated heterocycles. The fourth-order valence-corrected chi connectivity index (χ4v) is 4.40. The lowest BCUT2D eigenvalue weighted by Crippen LogP contribution is -2.38. The van der Waals surface area contributed by atoms with E-state index in [1.165, 1.54) is 16.7 Å². The summed E-state index contributed by atoms with van der Waals surface area (Å²) in [5.74, 6) is 0.410. The van der Waals surface area contributed by atoms with Crippen LogP contribution in [0.2, 0.25) is 19.6 Å². The van der Waals surface area contributed by atoms with Gasteiger partial charge in [0.15, 0.2) is 8.32 Å². The van der Waals surface area contributed by atoms with Gasteiger partial charge in [-0.2, -0.15) is 0 Å². The van der Waals surface area contributed by atoms with Gasteiger partial charge in [-0.05, 0) is 77.0 Å². The minimum Gasteiger partial charge on any atom is -0.413 e. The van der Waals surface area contributed by atoms with E-state index in [1.807, 2.05) is 0 Å². The lowest BCUT2D eigenvalue weighted by molar-refractivity contribution is 0.170. The number of rotatable bonds is 10. The highest BCUT2D eigenvalue weighted by molar-refractivity contribution is 6.69. The number of hydrogen-bond donors (Lipinski definition) is 0. The summed E-state index contributed by atoms with van der Waals surface area (Å²) < 4.78 is 6.15. The highest BCUT2D eigenvalue weighted by Gasteiger charge is 2.20. The van der Waals surface area contributed by atoms with Crippen LogP contribution in [0.3, 0.4) is 0 Å². The summed E-state index contributed by atoms with van der Waals surface area (Å²) in [7, 11) is -1.51. The Labute approximate surface area is 174 Å². The molecule has 1 atom stereocenters. The van der Waals surface area contributed by atoms with Gasteiger partial charge in [-0.15, -0.1) is 0 Å². The third-order valence-corrected chi connectivity index (χ3v) is 6.24. The number of hydrogen-bond acceptors (Lipinski definition) is 2. The average molecular weight is 398 g/mol. The third kappa shape index (κ3) is 7.19. The molecule has 1 unspecified atom stereocenters. The van der Waals surface area contributed by atoms with E-state index in [4.69, 9.17) is 4.43 Å². The molecule has 0 radical (unpaired) electrons. The Morgan fingerprint density at radius 1 is 0.821 bits per heavy atom. The summed E-state index contributed by atoms with van der Waals surface area (Å²) in [5, 5.41) is 0. The molecule has 2 rings (SSSR count). The van der Waals surface area contributed by atoms with Gasteiger partial charge < -0.3 is 4.43 Å². The molecule has 0 saturated carbocycles. The van der Waals surface area contributed by atoms with E-state index in [0.29, 0.717) is 18.0 Å². The number of benzene rings is 2. The Hall–Kier alpha value is -1.42. The van der Waals surface area contributed by atoms with Crippen LogP contribution < -0.4 is 0 Å². The normalized spacial score (nSPS) is 13.5. The molecule has 0 heterocycles. The second-order valence-corrected chi connectivity index (χ2v) is 13.8. The van der Waals surface area contributed by atoms with Gasteiger partial charge in [-0.25, -0.2) is 0 Å². The van der Waals surface area contributed by atoms with E-state index in [1.54, 1.807) is 0 Å². The SMILES string of the molecule is CC(C)N(CCC(c1ccccc1)c1cccc(CO[Si](C)(C)C)c1)C(C)C. The van der Waals surface area contributed by atoms with Crippen LogP contribution in [0.5, 0.6) is 0 Å². The van der Waals surface area contributed by atoms with Crippen molar-refractivity contribution in [3.8, 4) is 0 Å². The Morgan fingerprint density at radius 3 is 2.00 bits per heavy atom. The van der Waals surface area contributed by atoms with Gasteiger partial charge in [0.2, 0.25) is 0 Å². The first-order chi connectivity index (χ1) is 13.2. The summed E-state index contributed by atoms with van der Waals surface area (Å²) in [4.78, 5) is 2.59. The minimum atomic E-state index is -1.51. The molecule has 2 nitrogen and oxygen atoms in total. The molecule has 0 fully saturated rings. The zero-order valence-electron chi connectivity index (χ0n) is 18.9. The highest BCUT2D eigenvalue weighted by Crippen LogP contribution is 2.30. The van der Waals surface area contributed by atoms with Crippen molar-refractivity contribution >= 4 is 8.32 Å². The Balaban J connectivity index is 2.25. The fourth-order valence-electron chi connectivity index (χ4n) is 3.80. The van der Waals surface area contributed by atoms with Gasteiger partial charge in [-0.3, -0.25) is 4.90 Å². The van der Waals surface area contributed by atoms with Crippen LogP contribution >= 0.6 is 0 Å². The lowest BCUT2D eigenvalue weighted by Gasteiger charge is -2.32. The van der Waals surface area contributed by atoms with Crippen LogP contribution in [0.4, 0.5) is 0 Å². The number of nitrogens with zero attached hydrogens (tertiary/aromatic N) is 1. The van der Waals surface area contributed by atoms with Crippen LogP contribution in [-0.4, -0.2) is 31.8 Å². The topological polar surface area (TPSA) is 12.5 Å². The maximum Gasteiger partial charge on any atom is 0.184 e. The van der Waals surface area contributed by atoms with Gasteiger partial charge >= 0.3 is 0 Å². The highest BCUT2D eigenvalue weighted by atomic mass is 28.4. The summed E-state index contributed by atoms with van der Waals surface area (Å²) in [6.07, 6.45) is 1.12. The van der Waals surface area contributed by atoms with E-state index in [9.17, 15) is 0 Å². The van der Waals surface area contributed by atoms with Crippen molar-refractivity contribution in [3.05, 3.63) is 71.3 Å². The largest absolute Gasteiger partial charge is 0.413 e. The van der Waals surface area contributed by atoms with E-state index in [2.05, 4.69) is 107 Å². The molecular weight excluding hydrogens is 358 g/mol. The fraction of sp³-hybridized carbons (Fsp3) is 0.520. The van der Waals surface area contributed by atoms with Crippen molar-refractivity contribution in [2.75, 3.05) is 6.54 Å². The van der Waals surface area contributed by atoms with Crippen molar-refractivity contribution in [2.45, 2.75) is 78.4 Å². The van der Waals surface area contributed by atoms with Gasteiger partial charge in [0, 0.05) is 18.0 Å². The smallest absolute Gasteiger partial charge is 0.184 e. The maximum atomic E-state index is 6.15. The predicted octanol–water partition coefficient (Wildman–Crippen LogP) is 6.68. The van der Waals surface area contributed by atoms with Gasteiger partial charge in [0.05, 0.1) is 6.61 Å². The van der Waals surface area contributed by atoms with E-state index < -0.39 is 8.32 Å². The Morgan fingerprint density at radius 2 is 1.43 bits per heavy atom. The molecule has 0 aliphatic rings. The predicted molar refractivity (Wildman–Crippen MR) is 124 cm³/mol. The Bertz CT molecular complexity index is 698. The van der Waals surface area contributed by atoms with E-state index >= 15 is 0 Å². The molecule has 154 valence electrons. The summed E-state index contributed by atoms with van der Waals surface area (Å²) >= 11 is 0. The molecule has 2 aromatic rings. The van der Waals surface area contributed by atoms with Crippen molar-refractivity contribution in [3.63, 3.8) is 0 Å². The van der Waals surface area contributed by atoms with Crippen LogP contribution in [0, 0.1) is 0 Å². The van der Waals surface area contributed by atoms with Crippen LogP contribution in [0.25, 0.3) is 0 Å². The lowest BCUT2D eigenvalue weighted by atomic mass is 9.87. The standard InChI is InChI=1S/C25H39NOSi/c1-20(2)26(21(3)4)17-16-25(23-13-9-8-10-14-23)24-15-11-12-22(18-24)19-27-28(5,6)7/h8-15,18,20-21,25H,16-17,19H2,1-7H3. The summed E-state index contributed by atoms with van der Waals surface area (Å²) in [6, 6.07) is 21.1. The first-order valence-corrected chi connectivity index (χ1v) is 14.1. The zero-order valence-corrected chi connectivity index (χ0v) is 19.9. The van der Waals surface area contributed by atoms with Gasteiger partial charge in [0.1, 0.15) is 0 Å². The third-order valence-electron chi connectivity index (χ3n) is 5.23. The van der Waals surface area contributed by atoms with Crippen LogP contribution in [0.15, 0.2) is 54.6 Å². The minimum absolute atomic E-state index is 0.410.